The molecule has 0 spiro atoms. The Labute approximate surface area is 147 Å². The van der Waals surface area contributed by atoms with Crippen molar-refractivity contribution < 1.29 is 9.59 Å². The van der Waals surface area contributed by atoms with Crippen molar-refractivity contribution in [3.8, 4) is 0 Å². The molecule has 6 heteroatoms. The Balaban J connectivity index is 1.90. The minimum absolute atomic E-state index is 0.192. The third-order valence-electron chi connectivity index (χ3n) is 4.46. The topological polar surface area (TPSA) is 76.0 Å². The van der Waals surface area contributed by atoms with E-state index in [9.17, 15) is 9.59 Å². The van der Waals surface area contributed by atoms with Gasteiger partial charge in [0.1, 0.15) is 5.69 Å². The van der Waals surface area contributed by atoms with Gasteiger partial charge in [0.25, 0.3) is 11.8 Å². The molecule has 0 bridgehead atoms. The van der Waals surface area contributed by atoms with E-state index in [2.05, 4.69) is 15.6 Å². The summed E-state index contributed by atoms with van der Waals surface area (Å²) in [6.07, 6.45) is 3.64. The molecule has 25 heavy (non-hydrogen) atoms. The first-order chi connectivity index (χ1) is 12.1. The maximum Gasteiger partial charge on any atom is 0.291 e. The summed E-state index contributed by atoms with van der Waals surface area (Å²) in [5, 5.41) is 5.78. The average Bonchev–Trinajstić information content (AvgIpc) is 3.01. The van der Waals surface area contributed by atoms with Gasteiger partial charge in [0.05, 0.1) is 5.69 Å². The van der Waals surface area contributed by atoms with E-state index in [1.165, 1.54) is 0 Å². The minimum atomic E-state index is -0.271. The minimum Gasteiger partial charge on any atom is -0.351 e. The van der Waals surface area contributed by atoms with Crippen LogP contribution in [0.25, 0.3) is 0 Å². The third-order valence-corrected chi connectivity index (χ3v) is 4.46. The van der Waals surface area contributed by atoms with Crippen LogP contribution in [-0.4, -0.2) is 27.9 Å². The van der Waals surface area contributed by atoms with Crippen LogP contribution in [-0.2, 0) is 13.0 Å². The van der Waals surface area contributed by atoms with E-state index < -0.39 is 0 Å². The molecule has 1 aliphatic heterocycles. The zero-order valence-electron chi connectivity index (χ0n) is 14.8. The van der Waals surface area contributed by atoms with Crippen molar-refractivity contribution in [1.29, 1.82) is 0 Å². The number of nitrogens with one attached hydrogen (secondary N) is 2. The number of aryl methyl sites for hydroxylation is 1. The monoisotopic (exact) mass is 340 g/mol. The van der Waals surface area contributed by atoms with Gasteiger partial charge in [0.15, 0.2) is 5.82 Å². The fraction of sp³-hybridized carbons (Fsp3) is 0.421. The van der Waals surface area contributed by atoms with Crippen molar-refractivity contribution in [2.24, 2.45) is 0 Å². The molecule has 1 aromatic carbocycles. The van der Waals surface area contributed by atoms with Crippen LogP contribution in [0.3, 0.4) is 0 Å². The summed E-state index contributed by atoms with van der Waals surface area (Å²) in [6, 6.07) is 7.62. The maximum absolute atomic E-state index is 12.8. The van der Waals surface area contributed by atoms with Crippen LogP contribution >= 0.6 is 0 Å². The lowest BCUT2D eigenvalue weighted by Crippen LogP contribution is -2.26. The van der Waals surface area contributed by atoms with E-state index in [4.69, 9.17) is 0 Å². The summed E-state index contributed by atoms with van der Waals surface area (Å²) < 4.78 is 1.90. The van der Waals surface area contributed by atoms with E-state index in [1.807, 2.05) is 42.7 Å². The molecule has 0 aliphatic carbocycles. The number of benzene rings is 1. The van der Waals surface area contributed by atoms with Crippen LogP contribution < -0.4 is 10.6 Å². The second-order valence-electron chi connectivity index (χ2n) is 6.36. The van der Waals surface area contributed by atoms with Crippen LogP contribution in [0.4, 0.5) is 5.69 Å². The normalized spacial score (nSPS) is 13.2. The highest BCUT2D eigenvalue weighted by molar-refractivity contribution is 6.04. The van der Waals surface area contributed by atoms with Crippen molar-refractivity contribution in [3.63, 3.8) is 0 Å². The van der Waals surface area contributed by atoms with Crippen molar-refractivity contribution in [2.75, 3.05) is 11.9 Å². The van der Waals surface area contributed by atoms with Gasteiger partial charge in [-0.05, 0) is 44.2 Å². The van der Waals surface area contributed by atoms with E-state index >= 15 is 0 Å². The zero-order valence-corrected chi connectivity index (χ0v) is 14.8. The van der Waals surface area contributed by atoms with Crippen LogP contribution in [0, 0.1) is 6.92 Å². The zero-order chi connectivity index (χ0) is 17.8. The predicted octanol–water partition coefficient (Wildman–Crippen LogP) is 2.92. The van der Waals surface area contributed by atoms with Gasteiger partial charge in [-0.1, -0.05) is 25.1 Å². The maximum atomic E-state index is 12.8. The number of nitrogens with zero attached hydrogens (tertiary/aromatic N) is 2. The van der Waals surface area contributed by atoms with E-state index in [0.29, 0.717) is 18.1 Å². The highest BCUT2D eigenvalue weighted by atomic mass is 16.2. The molecule has 132 valence electrons. The number of amides is 2. The van der Waals surface area contributed by atoms with Gasteiger partial charge in [-0.15, -0.1) is 0 Å². The molecule has 0 unspecified atom stereocenters. The first kappa shape index (κ1) is 17.2. The van der Waals surface area contributed by atoms with E-state index in [0.717, 1.165) is 49.2 Å². The smallest absolute Gasteiger partial charge is 0.291 e. The second kappa shape index (κ2) is 7.51. The van der Waals surface area contributed by atoms with Crippen LogP contribution in [0.1, 0.15) is 58.6 Å². The number of fused-ring (bicyclic) bond motifs is 1. The van der Waals surface area contributed by atoms with Gasteiger partial charge < -0.3 is 15.2 Å². The van der Waals surface area contributed by atoms with Gasteiger partial charge in [-0.2, -0.15) is 0 Å². The fourth-order valence-corrected chi connectivity index (χ4v) is 3.11. The van der Waals surface area contributed by atoms with Crippen molar-refractivity contribution >= 4 is 17.5 Å². The molecule has 1 aliphatic rings. The average molecular weight is 340 g/mol. The number of carbonyl (C=O) groups excluding carboxylic acids is 2. The molecule has 0 radical (unpaired) electrons. The second-order valence-corrected chi connectivity index (χ2v) is 6.36. The number of carbonyl (C=O) groups is 2. The number of hydrogen-bond acceptors (Lipinski definition) is 3. The highest BCUT2D eigenvalue weighted by Gasteiger charge is 2.27. The van der Waals surface area contributed by atoms with Crippen LogP contribution in [0.2, 0.25) is 0 Å². The number of para-hydroxylation sites is 1. The summed E-state index contributed by atoms with van der Waals surface area (Å²) >= 11 is 0. The van der Waals surface area contributed by atoms with E-state index in [-0.39, 0.29) is 11.8 Å². The predicted molar refractivity (Wildman–Crippen MR) is 96.9 cm³/mol. The van der Waals surface area contributed by atoms with E-state index in [1.54, 1.807) is 0 Å². The standard InChI is InChI=1S/C19H24N4O2/c1-3-11-20-18(24)16-15-10-6-7-12-23(15)17(22-16)19(25)21-14-9-5-4-8-13(14)2/h4-5,8-9H,3,6-7,10-12H2,1-2H3,(H,20,24)(H,21,25). The lowest BCUT2D eigenvalue weighted by Gasteiger charge is -2.17. The largest absolute Gasteiger partial charge is 0.351 e. The lowest BCUT2D eigenvalue weighted by molar-refractivity contribution is 0.0947. The molecule has 2 amide bonds. The summed E-state index contributed by atoms with van der Waals surface area (Å²) in [7, 11) is 0. The number of hydrogen-bond donors (Lipinski definition) is 2. The van der Waals surface area contributed by atoms with Gasteiger partial charge >= 0.3 is 0 Å². The van der Waals surface area contributed by atoms with Gasteiger partial charge in [0, 0.05) is 18.8 Å². The molecular weight excluding hydrogens is 316 g/mol. The lowest BCUT2D eigenvalue weighted by atomic mass is 10.1. The Morgan fingerprint density at radius 2 is 2.00 bits per heavy atom. The van der Waals surface area contributed by atoms with Gasteiger partial charge in [-0.25, -0.2) is 4.98 Å². The molecule has 6 nitrogen and oxygen atoms in total. The number of imidazole rings is 1. The van der Waals surface area contributed by atoms with Crippen molar-refractivity contribution in [2.45, 2.75) is 46.1 Å². The summed E-state index contributed by atoms with van der Waals surface area (Å²) in [6.45, 7) is 5.28. The molecular formula is C19H24N4O2. The molecule has 0 saturated heterocycles. The summed E-state index contributed by atoms with van der Waals surface area (Å²) in [5.74, 6) is -0.144. The van der Waals surface area contributed by atoms with Crippen LogP contribution in [0.5, 0.6) is 0 Å². The summed E-state index contributed by atoms with van der Waals surface area (Å²) in [4.78, 5) is 29.6. The summed E-state index contributed by atoms with van der Waals surface area (Å²) in [5.41, 5.74) is 3.01. The van der Waals surface area contributed by atoms with Crippen molar-refractivity contribution in [3.05, 3.63) is 47.0 Å². The molecule has 0 fully saturated rings. The Bertz CT molecular complexity index is 795. The Morgan fingerprint density at radius 1 is 1.20 bits per heavy atom. The fourth-order valence-electron chi connectivity index (χ4n) is 3.11. The third kappa shape index (κ3) is 3.57. The first-order valence-corrected chi connectivity index (χ1v) is 8.86. The number of anilines is 1. The molecule has 3 rings (SSSR count). The quantitative estimate of drug-likeness (QED) is 0.879. The van der Waals surface area contributed by atoms with Crippen LogP contribution in [0.15, 0.2) is 24.3 Å². The molecule has 2 heterocycles. The Kier molecular flexibility index (Phi) is 5.16. The molecule has 2 N–H and O–H groups in total. The van der Waals surface area contributed by atoms with Crippen molar-refractivity contribution in [1.82, 2.24) is 14.9 Å². The Morgan fingerprint density at radius 3 is 2.76 bits per heavy atom. The number of rotatable bonds is 5. The van der Waals surface area contributed by atoms with Gasteiger partial charge in [-0.3, -0.25) is 9.59 Å². The first-order valence-electron chi connectivity index (χ1n) is 8.86. The molecule has 2 aromatic rings. The Hall–Kier alpha value is -2.63. The molecule has 1 aromatic heterocycles. The number of aromatic nitrogens is 2. The molecule has 0 saturated carbocycles. The SMILES string of the molecule is CCCNC(=O)c1nc(C(=O)Nc2ccccc2C)n2c1CCCC2. The molecule has 0 atom stereocenters. The highest BCUT2D eigenvalue weighted by Crippen LogP contribution is 2.22. The van der Waals surface area contributed by atoms with Gasteiger partial charge in [0.2, 0.25) is 0 Å².